The summed E-state index contributed by atoms with van der Waals surface area (Å²) in [5.74, 6) is 0.437. The number of piperidine rings is 1. The van der Waals surface area contributed by atoms with E-state index in [1.165, 1.54) is 0 Å². The Morgan fingerprint density at radius 2 is 1.92 bits per heavy atom. The van der Waals surface area contributed by atoms with Gasteiger partial charge in [0, 0.05) is 43.7 Å². The van der Waals surface area contributed by atoms with Crippen molar-refractivity contribution in [2.45, 2.75) is 37.8 Å². The van der Waals surface area contributed by atoms with Crippen LogP contribution in [0.5, 0.6) is 11.6 Å². The fourth-order valence-corrected chi connectivity index (χ4v) is 4.51. The monoisotopic (exact) mass is 497 g/mol. The van der Waals surface area contributed by atoms with Crippen LogP contribution in [0.3, 0.4) is 0 Å². The van der Waals surface area contributed by atoms with Gasteiger partial charge in [0.2, 0.25) is 5.88 Å². The van der Waals surface area contributed by atoms with Gasteiger partial charge in [0.15, 0.2) is 5.82 Å². The van der Waals surface area contributed by atoms with E-state index in [1.807, 2.05) is 48.7 Å². The highest BCUT2D eigenvalue weighted by Crippen LogP contribution is 2.35. The van der Waals surface area contributed by atoms with Crippen molar-refractivity contribution < 1.29 is 14.3 Å². The van der Waals surface area contributed by atoms with E-state index in [9.17, 15) is 14.9 Å². The van der Waals surface area contributed by atoms with E-state index in [4.69, 9.17) is 10.5 Å². The normalized spacial score (nSPS) is 16.4. The predicted molar refractivity (Wildman–Crippen MR) is 136 cm³/mol. The standard InChI is InChI=1S/C27H27N7O3/c28-13-10-27(34-18-22(24(29)35)25(32-34)31-26(36)20-7-8-20)11-14-33(15-12-27)17-19-6-9-23(30-16-19)37-21-4-2-1-3-5-21/h1-7,9,16,18H,8,10-12,14-15,17H2,(H2,29,35)(H,31,32,36). The summed E-state index contributed by atoms with van der Waals surface area (Å²) in [6.45, 7) is 2.16. The molecule has 3 aromatic rings. The highest BCUT2D eigenvalue weighted by atomic mass is 16.5. The second kappa shape index (κ2) is 10.2. The molecule has 0 saturated carbocycles. The summed E-state index contributed by atoms with van der Waals surface area (Å²) in [5.41, 5.74) is 6.81. The SMILES string of the molecule is N#CCC1(n2cc(C(N)=O)c(NC(=O)C3=CC3)n2)CCN(Cc2ccc(Oc3ccccc3)nc2)CC1. The molecule has 3 heterocycles. The summed E-state index contributed by atoms with van der Waals surface area (Å²) in [6, 6.07) is 15.6. The number of para-hydroxylation sites is 1. The third-order valence-corrected chi connectivity index (χ3v) is 6.76. The maximum Gasteiger partial charge on any atom is 0.254 e. The minimum Gasteiger partial charge on any atom is -0.439 e. The van der Waals surface area contributed by atoms with Crippen LogP contribution in [-0.4, -0.2) is 44.6 Å². The first kappa shape index (κ1) is 24.2. The third kappa shape index (κ3) is 5.52. The molecule has 1 aliphatic heterocycles. The van der Waals surface area contributed by atoms with Crippen molar-refractivity contribution in [1.29, 1.82) is 5.26 Å². The van der Waals surface area contributed by atoms with E-state index in [0.717, 1.165) is 24.4 Å². The van der Waals surface area contributed by atoms with Crippen molar-refractivity contribution >= 4 is 17.6 Å². The molecule has 1 saturated heterocycles. The van der Waals surface area contributed by atoms with Crippen LogP contribution in [0.4, 0.5) is 5.82 Å². The Balaban J connectivity index is 1.25. The first-order valence-corrected chi connectivity index (χ1v) is 12.1. The Kier molecular flexibility index (Phi) is 6.70. The molecule has 2 aromatic heterocycles. The summed E-state index contributed by atoms with van der Waals surface area (Å²) in [7, 11) is 0. The number of ether oxygens (including phenoxy) is 1. The molecule has 1 aliphatic carbocycles. The van der Waals surface area contributed by atoms with Crippen LogP contribution in [0, 0.1) is 11.3 Å². The van der Waals surface area contributed by atoms with E-state index in [2.05, 4.69) is 26.4 Å². The molecular weight excluding hydrogens is 470 g/mol. The predicted octanol–water partition coefficient (Wildman–Crippen LogP) is 3.34. The summed E-state index contributed by atoms with van der Waals surface area (Å²) in [5, 5.41) is 16.8. The van der Waals surface area contributed by atoms with E-state index in [0.29, 0.717) is 37.3 Å². The number of anilines is 1. The quantitative estimate of drug-likeness (QED) is 0.462. The summed E-state index contributed by atoms with van der Waals surface area (Å²) < 4.78 is 7.42. The molecule has 2 amide bonds. The van der Waals surface area contributed by atoms with Gasteiger partial charge < -0.3 is 15.8 Å². The van der Waals surface area contributed by atoms with E-state index >= 15 is 0 Å². The van der Waals surface area contributed by atoms with Crippen LogP contribution >= 0.6 is 0 Å². The number of nitriles is 1. The van der Waals surface area contributed by atoms with Crippen molar-refractivity contribution in [2.75, 3.05) is 18.4 Å². The smallest absolute Gasteiger partial charge is 0.254 e. The van der Waals surface area contributed by atoms with Crippen LogP contribution < -0.4 is 15.8 Å². The Hall–Kier alpha value is -4.49. The number of benzene rings is 1. The fraction of sp³-hybridized carbons (Fsp3) is 0.296. The first-order valence-electron chi connectivity index (χ1n) is 12.1. The average molecular weight is 498 g/mol. The van der Waals surface area contributed by atoms with Crippen LogP contribution in [-0.2, 0) is 16.9 Å². The molecule has 0 unspecified atom stereocenters. The molecule has 188 valence electrons. The second-order valence-corrected chi connectivity index (χ2v) is 9.34. The lowest BCUT2D eigenvalue weighted by molar-refractivity contribution is -0.112. The van der Waals surface area contributed by atoms with Crippen molar-refractivity contribution in [1.82, 2.24) is 19.7 Å². The largest absolute Gasteiger partial charge is 0.439 e. The Bertz CT molecular complexity index is 1370. The molecule has 1 fully saturated rings. The van der Waals surface area contributed by atoms with E-state index in [-0.39, 0.29) is 23.7 Å². The number of hydrogen-bond acceptors (Lipinski definition) is 7. The molecule has 0 bridgehead atoms. The maximum absolute atomic E-state index is 12.2. The number of carbonyl (C=O) groups is 2. The number of amides is 2. The van der Waals surface area contributed by atoms with Crippen molar-refractivity contribution in [3.05, 3.63) is 77.6 Å². The molecule has 0 radical (unpaired) electrons. The third-order valence-electron chi connectivity index (χ3n) is 6.76. The van der Waals surface area contributed by atoms with Gasteiger partial charge >= 0.3 is 0 Å². The Labute approximate surface area is 214 Å². The van der Waals surface area contributed by atoms with E-state index < -0.39 is 11.4 Å². The maximum atomic E-state index is 12.2. The zero-order chi connectivity index (χ0) is 25.8. The fourth-order valence-electron chi connectivity index (χ4n) is 4.51. The number of allylic oxidation sites excluding steroid dienone is 1. The number of likely N-dealkylation sites (tertiary alicyclic amines) is 1. The summed E-state index contributed by atoms with van der Waals surface area (Å²) in [4.78, 5) is 31.0. The average Bonchev–Trinajstić information content (AvgIpc) is 3.67. The van der Waals surface area contributed by atoms with Gasteiger partial charge in [-0.1, -0.05) is 30.3 Å². The molecule has 10 heteroatoms. The molecule has 0 spiro atoms. The molecular formula is C27H27N7O3. The summed E-state index contributed by atoms with van der Waals surface area (Å²) >= 11 is 0. The van der Waals surface area contributed by atoms with Crippen LogP contribution in [0.2, 0.25) is 0 Å². The van der Waals surface area contributed by atoms with Gasteiger partial charge in [-0.15, -0.1) is 0 Å². The minimum absolute atomic E-state index is 0.133. The Morgan fingerprint density at radius 1 is 1.16 bits per heavy atom. The molecule has 37 heavy (non-hydrogen) atoms. The number of pyridine rings is 1. The zero-order valence-electron chi connectivity index (χ0n) is 20.3. The number of aromatic nitrogens is 3. The second-order valence-electron chi connectivity index (χ2n) is 9.34. The van der Waals surface area contributed by atoms with Crippen molar-refractivity contribution in [3.8, 4) is 17.7 Å². The minimum atomic E-state index is -0.678. The zero-order valence-corrected chi connectivity index (χ0v) is 20.3. The highest BCUT2D eigenvalue weighted by molar-refractivity contribution is 6.09. The lowest BCUT2D eigenvalue weighted by Crippen LogP contribution is -2.46. The van der Waals surface area contributed by atoms with Crippen LogP contribution in [0.1, 0.15) is 41.6 Å². The number of nitrogens with two attached hydrogens (primary N) is 1. The van der Waals surface area contributed by atoms with Crippen LogP contribution in [0.25, 0.3) is 0 Å². The first-order chi connectivity index (χ1) is 18.0. The number of nitrogens with zero attached hydrogens (tertiary/aromatic N) is 5. The number of carbonyl (C=O) groups excluding carboxylic acids is 2. The molecule has 3 N–H and O–H groups in total. The van der Waals surface area contributed by atoms with Gasteiger partial charge in [0.05, 0.1) is 18.0 Å². The number of nitrogens with one attached hydrogen (secondary N) is 1. The Morgan fingerprint density at radius 3 is 2.54 bits per heavy atom. The molecule has 5 rings (SSSR count). The topological polar surface area (TPSA) is 139 Å². The molecule has 0 atom stereocenters. The number of hydrogen-bond donors (Lipinski definition) is 2. The van der Waals surface area contributed by atoms with Crippen molar-refractivity contribution in [2.24, 2.45) is 5.73 Å². The van der Waals surface area contributed by atoms with Gasteiger partial charge in [-0.3, -0.25) is 19.2 Å². The summed E-state index contributed by atoms with van der Waals surface area (Å²) in [6.07, 6.45) is 7.33. The molecule has 1 aromatic carbocycles. The van der Waals surface area contributed by atoms with Gasteiger partial charge in [0.25, 0.3) is 11.8 Å². The van der Waals surface area contributed by atoms with Crippen LogP contribution in [0.15, 0.2) is 66.5 Å². The number of primary amides is 1. The van der Waals surface area contributed by atoms with Crippen molar-refractivity contribution in [3.63, 3.8) is 0 Å². The van der Waals surface area contributed by atoms with Gasteiger partial charge in [-0.2, -0.15) is 10.4 Å². The van der Waals surface area contributed by atoms with Gasteiger partial charge in [0.1, 0.15) is 11.3 Å². The van der Waals surface area contributed by atoms with Gasteiger partial charge in [-0.25, -0.2) is 4.98 Å². The molecule has 10 nitrogen and oxygen atoms in total. The van der Waals surface area contributed by atoms with Gasteiger partial charge in [-0.05, 0) is 37.0 Å². The molecule has 2 aliphatic rings. The lowest BCUT2D eigenvalue weighted by Gasteiger charge is -2.40. The lowest BCUT2D eigenvalue weighted by atomic mass is 9.85. The highest BCUT2D eigenvalue weighted by Gasteiger charge is 2.38. The number of rotatable bonds is 9. The van der Waals surface area contributed by atoms with E-state index in [1.54, 1.807) is 17.0 Å².